The Kier molecular flexibility index (Phi) is 5.04. The molecule has 0 unspecified atom stereocenters. The minimum absolute atomic E-state index is 0.0302. The third-order valence-electron chi connectivity index (χ3n) is 3.78. The lowest BCUT2D eigenvalue weighted by Crippen LogP contribution is -2.37. The summed E-state index contributed by atoms with van der Waals surface area (Å²) in [6, 6.07) is 7.64. The molecule has 2 rings (SSSR count). The smallest absolute Gasteiger partial charge is 0.309 e. The highest BCUT2D eigenvalue weighted by atomic mass is 16.5. The number of methoxy groups -OCH3 is 1. The molecular formula is C16H20N2O3. The van der Waals surface area contributed by atoms with Gasteiger partial charge in [-0.15, -0.1) is 0 Å². The third kappa shape index (κ3) is 3.46. The van der Waals surface area contributed by atoms with Gasteiger partial charge >= 0.3 is 5.97 Å². The number of nitrogens with zero attached hydrogens (tertiary/aromatic N) is 2. The second-order valence-corrected chi connectivity index (χ2v) is 5.01. The van der Waals surface area contributed by atoms with E-state index in [-0.39, 0.29) is 11.9 Å². The number of ether oxygens (including phenoxy) is 2. The first-order valence-electron chi connectivity index (χ1n) is 7.19. The highest BCUT2D eigenvalue weighted by Crippen LogP contribution is 2.29. The Bertz CT molecular complexity index is 543. The number of rotatable bonds is 4. The molecule has 5 nitrogen and oxygen atoms in total. The zero-order valence-electron chi connectivity index (χ0n) is 12.5. The van der Waals surface area contributed by atoms with Crippen molar-refractivity contribution in [3.05, 3.63) is 23.8 Å². The highest BCUT2D eigenvalue weighted by molar-refractivity contribution is 5.73. The third-order valence-corrected chi connectivity index (χ3v) is 3.78. The van der Waals surface area contributed by atoms with Crippen molar-refractivity contribution in [1.82, 2.24) is 0 Å². The van der Waals surface area contributed by atoms with Crippen LogP contribution in [0.15, 0.2) is 18.2 Å². The summed E-state index contributed by atoms with van der Waals surface area (Å²) in [7, 11) is 1.61. The quantitative estimate of drug-likeness (QED) is 0.796. The minimum Gasteiger partial charge on any atom is -0.497 e. The summed E-state index contributed by atoms with van der Waals surface area (Å²) in [6.45, 7) is 3.73. The first-order valence-corrected chi connectivity index (χ1v) is 7.19. The number of hydrogen-bond donors (Lipinski definition) is 0. The van der Waals surface area contributed by atoms with Gasteiger partial charge in [-0.3, -0.25) is 4.79 Å². The van der Waals surface area contributed by atoms with Crippen molar-refractivity contribution >= 4 is 11.7 Å². The van der Waals surface area contributed by atoms with Crippen LogP contribution in [0, 0.1) is 17.2 Å². The molecule has 1 aliphatic rings. The molecule has 0 radical (unpaired) electrons. The molecule has 0 atom stereocenters. The molecule has 1 saturated heterocycles. The molecule has 0 spiro atoms. The Hall–Kier alpha value is -2.22. The van der Waals surface area contributed by atoms with Gasteiger partial charge in [0.2, 0.25) is 0 Å². The van der Waals surface area contributed by atoms with E-state index in [9.17, 15) is 10.1 Å². The lowest BCUT2D eigenvalue weighted by atomic mass is 9.96. The van der Waals surface area contributed by atoms with Gasteiger partial charge in [0.1, 0.15) is 11.8 Å². The monoisotopic (exact) mass is 288 g/mol. The molecule has 1 aromatic carbocycles. The number of piperidine rings is 1. The van der Waals surface area contributed by atoms with Crippen molar-refractivity contribution in [3.8, 4) is 11.8 Å². The molecule has 1 aliphatic heterocycles. The molecule has 21 heavy (non-hydrogen) atoms. The zero-order valence-corrected chi connectivity index (χ0v) is 12.5. The van der Waals surface area contributed by atoms with Gasteiger partial charge in [0.05, 0.1) is 30.9 Å². The zero-order chi connectivity index (χ0) is 15.2. The van der Waals surface area contributed by atoms with Crippen LogP contribution in [0.2, 0.25) is 0 Å². The Morgan fingerprint density at radius 1 is 1.43 bits per heavy atom. The van der Waals surface area contributed by atoms with Gasteiger partial charge in [-0.1, -0.05) is 0 Å². The SMILES string of the molecule is CCOC(=O)C1CCN(c2cc(OC)ccc2C#N)CC1. The Balaban J connectivity index is 2.08. The summed E-state index contributed by atoms with van der Waals surface area (Å²) >= 11 is 0. The van der Waals surface area contributed by atoms with Crippen LogP contribution in [0.3, 0.4) is 0 Å². The molecule has 1 heterocycles. The van der Waals surface area contributed by atoms with Gasteiger partial charge in [-0.2, -0.15) is 5.26 Å². The second kappa shape index (κ2) is 6.98. The summed E-state index contributed by atoms with van der Waals surface area (Å²) in [5, 5.41) is 9.23. The van der Waals surface area contributed by atoms with Crippen LogP contribution in [-0.4, -0.2) is 32.8 Å². The maximum absolute atomic E-state index is 11.8. The lowest BCUT2D eigenvalue weighted by Gasteiger charge is -2.33. The number of esters is 1. The molecular weight excluding hydrogens is 268 g/mol. The van der Waals surface area contributed by atoms with E-state index in [4.69, 9.17) is 9.47 Å². The van der Waals surface area contributed by atoms with Gasteiger partial charge in [0.25, 0.3) is 0 Å². The lowest BCUT2D eigenvalue weighted by molar-refractivity contribution is -0.148. The van der Waals surface area contributed by atoms with Crippen molar-refractivity contribution in [2.75, 3.05) is 31.7 Å². The second-order valence-electron chi connectivity index (χ2n) is 5.01. The molecule has 5 heteroatoms. The van der Waals surface area contributed by atoms with E-state index in [2.05, 4.69) is 11.0 Å². The average Bonchev–Trinajstić information content (AvgIpc) is 2.54. The van der Waals surface area contributed by atoms with E-state index in [0.29, 0.717) is 12.2 Å². The van der Waals surface area contributed by atoms with E-state index in [1.807, 2.05) is 13.0 Å². The number of benzene rings is 1. The van der Waals surface area contributed by atoms with Crippen LogP contribution in [0.5, 0.6) is 5.75 Å². The fraction of sp³-hybridized carbons (Fsp3) is 0.500. The Morgan fingerprint density at radius 2 is 2.14 bits per heavy atom. The first-order chi connectivity index (χ1) is 10.2. The van der Waals surface area contributed by atoms with Gasteiger partial charge in [-0.25, -0.2) is 0 Å². The summed E-state index contributed by atoms with van der Waals surface area (Å²) in [6.07, 6.45) is 1.50. The summed E-state index contributed by atoms with van der Waals surface area (Å²) in [5.74, 6) is 0.595. The molecule has 0 aromatic heterocycles. The topological polar surface area (TPSA) is 62.6 Å². The number of carbonyl (C=O) groups excluding carboxylic acids is 1. The molecule has 112 valence electrons. The molecule has 0 amide bonds. The molecule has 0 saturated carbocycles. The normalized spacial score (nSPS) is 15.4. The van der Waals surface area contributed by atoms with Crippen molar-refractivity contribution in [1.29, 1.82) is 5.26 Å². The van der Waals surface area contributed by atoms with Crippen LogP contribution in [0.1, 0.15) is 25.3 Å². The number of carbonyl (C=O) groups is 1. The molecule has 1 fully saturated rings. The highest BCUT2D eigenvalue weighted by Gasteiger charge is 2.27. The fourth-order valence-corrected chi connectivity index (χ4v) is 2.61. The number of hydrogen-bond acceptors (Lipinski definition) is 5. The fourth-order valence-electron chi connectivity index (χ4n) is 2.61. The first kappa shape index (κ1) is 15.2. The van der Waals surface area contributed by atoms with Gasteiger partial charge in [0, 0.05) is 19.2 Å². The van der Waals surface area contributed by atoms with Crippen molar-refractivity contribution in [2.45, 2.75) is 19.8 Å². The van der Waals surface area contributed by atoms with Crippen molar-refractivity contribution in [2.24, 2.45) is 5.92 Å². The average molecular weight is 288 g/mol. The maximum Gasteiger partial charge on any atom is 0.309 e. The predicted molar refractivity (Wildman–Crippen MR) is 79.3 cm³/mol. The van der Waals surface area contributed by atoms with Crippen LogP contribution in [0.25, 0.3) is 0 Å². The van der Waals surface area contributed by atoms with E-state index in [0.717, 1.165) is 37.4 Å². The van der Waals surface area contributed by atoms with Gasteiger partial charge < -0.3 is 14.4 Å². The van der Waals surface area contributed by atoms with Crippen LogP contribution < -0.4 is 9.64 Å². The molecule has 0 N–H and O–H groups in total. The van der Waals surface area contributed by atoms with Gasteiger partial charge in [-0.05, 0) is 31.9 Å². The van der Waals surface area contributed by atoms with Gasteiger partial charge in [0.15, 0.2) is 0 Å². The van der Waals surface area contributed by atoms with Crippen LogP contribution >= 0.6 is 0 Å². The molecule has 0 bridgehead atoms. The molecule has 0 aliphatic carbocycles. The van der Waals surface area contributed by atoms with Crippen LogP contribution in [0.4, 0.5) is 5.69 Å². The Labute approximate surface area is 125 Å². The number of anilines is 1. The molecule has 1 aromatic rings. The standard InChI is InChI=1S/C16H20N2O3/c1-3-21-16(19)12-6-8-18(9-7-12)15-10-14(20-2)5-4-13(15)11-17/h4-5,10,12H,3,6-9H2,1-2H3. The summed E-state index contributed by atoms with van der Waals surface area (Å²) < 4.78 is 10.3. The van der Waals surface area contributed by atoms with E-state index < -0.39 is 0 Å². The summed E-state index contributed by atoms with van der Waals surface area (Å²) in [5.41, 5.74) is 1.50. The predicted octanol–water partition coefficient (Wildman–Crippen LogP) is 2.35. The van der Waals surface area contributed by atoms with Crippen molar-refractivity contribution in [3.63, 3.8) is 0 Å². The van der Waals surface area contributed by atoms with E-state index >= 15 is 0 Å². The number of nitriles is 1. The van der Waals surface area contributed by atoms with Crippen molar-refractivity contribution < 1.29 is 14.3 Å². The van der Waals surface area contributed by atoms with E-state index in [1.165, 1.54) is 0 Å². The van der Waals surface area contributed by atoms with E-state index in [1.54, 1.807) is 19.2 Å². The van der Waals surface area contributed by atoms with Crippen LogP contribution in [-0.2, 0) is 9.53 Å². The maximum atomic E-state index is 11.8. The largest absolute Gasteiger partial charge is 0.497 e. The summed E-state index contributed by atoms with van der Waals surface area (Å²) in [4.78, 5) is 13.9. The Morgan fingerprint density at radius 3 is 2.71 bits per heavy atom. The minimum atomic E-state index is -0.108.